The van der Waals surface area contributed by atoms with Gasteiger partial charge < -0.3 is 28.4 Å². The quantitative estimate of drug-likeness (QED) is 0.499. The van der Waals surface area contributed by atoms with E-state index in [4.69, 9.17) is 28.4 Å². The molecule has 0 N–H and O–H groups in total. The smallest absolute Gasteiger partial charge is 0.463 e. The highest BCUT2D eigenvalue weighted by Gasteiger charge is 2.57. The Morgan fingerprint density at radius 1 is 0.957 bits per heavy atom. The molecule has 0 aromatic heterocycles. The number of hydrogen-bond acceptors (Lipinski definition) is 10. The maximum atomic E-state index is 11.4. The van der Waals surface area contributed by atoms with Gasteiger partial charge in [-0.05, 0) is 0 Å². The molecule has 0 saturated carbocycles. The fourth-order valence-electron chi connectivity index (χ4n) is 2.31. The number of hydrogen-bond donors (Lipinski definition) is 0. The van der Waals surface area contributed by atoms with Crippen molar-refractivity contribution in [3.05, 3.63) is 0 Å². The van der Waals surface area contributed by atoms with Gasteiger partial charge in [-0.25, -0.2) is 4.79 Å². The van der Waals surface area contributed by atoms with E-state index in [0.717, 1.165) is 13.8 Å². The molecule has 128 valence electrons. The van der Waals surface area contributed by atoms with Crippen molar-refractivity contribution in [1.82, 2.24) is 0 Å². The molecule has 2 aliphatic heterocycles. The molecule has 0 radical (unpaired) electrons. The summed E-state index contributed by atoms with van der Waals surface area (Å²) in [5.74, 6) is -1.91. The van der Waals surface area contributed by atoms with Gasteiger partial charge in [0.05, 0.1) is 0 Å². The third kappa shape index (κ3) is 4.09. The molecule has 0 bridgehead atoms. The van der Waals surface area contributed by atoms with Crippen LogP contribution in [0, 0.1) is 0 Å². The lowest BCUT2D eigenvalue weighted by atomic mass is 9.99. The zero-order valence-corrected chi connectivity index (χ0v) is 12.7. The normalized spacial score (nSPS) is 32.1. The van der Waals surface area contributed by atoms with Crippen molar-refractivity contribution in [1.29, 1.82) is 0 Å². The van der Waals surface area contributed by atoms with Crippen molar-refractivity contribution in [2.45, 2.75) is 51.5 Å². The molecule has 23 heavy (non-hydrogen) atoms. The number of ether oxygens (including phenoxy) is 6. The molecular weight excluding hydrogens is 316 g/mol. The van der Waals surface area contributed by atoms with Gasteiger partial charge in [0.25, 0.3) is 0 Å². The molecular formula is C13H16O10. The van der Waals surface area contributed by atoms with Crippen molar-refractivity contribution in [2.75, 3.05) is 6.61 Å². The van der Waals surface area contributed by atoms with Crippen LogP contribution in [-0.4, -0.2) is 61.4 Å². The average molecular weight is 332 g/mol. The maximum absolute atomic E-state index is 11.4. The Hall–Kier alpha value is -2.36. The van der Waals surface area contributed by atoms with E-state index in [9.17, 15) is 19.2 Å². The topological polar surface area (TPSA) is 124 Å². The first kappa shape index (κ1) is 17.0. The Bertz CT molecular complexity index is 515. The summed E-state index contributed by atoms with van der Waals surface area (Å²) in [5, 5.41) is 0. The van der Waals surface area contributed by atoms with Crippen molar-refractivity contribution in [2.24, 2.45) is 0 Å². The second-order valence-electron chi connectivity index (χ2n) is 4.94. The second-order valence-corrected chi connectivity index (χ2v) is 4.94. The summed E-state index contributed by atoms with van der Waals surface area (Å²) in [6.45, 7) is 3.21. The highest BCUT2D eigenvalue weighted by Crippen LogP contribution is 2.33. The van der Waals surface area contributed by atoms with Crippen LogP contribution < -0.4 is 0 Å². The molecule has 10 heteroatoms. The first-order chi connectivity index (χ1) is 10.8. The largest absolute Gasteiger partial charge is 0.509 e. The monoisotopic (exact) mass is 332 g/mol. The maximum Gasteiger partial charge on any atom is 0.509 e. The van der Waals surface area contributed by atoms with E-state index in [2.05, 4.69) is 0 Å². The highest BCUT2D eigenvalue weighted by molar-refractivity contribution is 5.68. The minimum Gasteiger partial charge on any atom is -0.463 e. The average Bonchev–Trinajstić information content (AvgIpc) is 2.80. The highest BCUT2D eigenvalue weighted by atomic mass is 16.8. The van der Waals surface area contributed by atoms with Crippen molar-refractivity contribution >= 4 is 24.1 Å². The number of carbonyl (C=O) groups is 4. The Morgan fingerprint density at radius 3 is 2.13 bits per heavy atom. The van der Waals surface area contributed by atoms with Crippen molar-refractivity contribution in [3.8, 4) is 0 Å². The van der Waals surface area contributed by atoms with Crippen LogP contribution >= 0.6 is 0 Å². The molecule has 10 nitrogen and oxygen atoms in total. The molecule has 0 aromatic carbocycles. The van der Waals surface area contributed by atoms with Crippen LogP contribution in [0.2, 0.25) is 0 Å². The van der Waals surface area contributed by atoms with E-state index in [1.165, 1.54) is 6.92 Å². The van der Waals surface area contributed by atoms with Gasteiger partial charge in [-0.15, -0.1) is 0 Å². The Kier molecular flexibility index (Phi) is 5.04. The van der Waals surface area contributed by atoms with Gasteiger partial charge in [0.2, 0.25) is 12.4 Å². The SMILES string of the molecule is CC(=O)OC[C@H]1O[C@H](OC(C)=O)[C@H]2OC(=O)OC2[C@@H]1OC(C)=O. The van der Waals surface area contributed by atoms with Crippen LogP contribution in [0.5, 0.6) is 0 Å². The molecule has 0 aliphatic carbocycles. The molecule has 2 heterocycles. The minimum atomic E-state index is -1.27. The van der Waals surface area contributed by atoms with Crippen molar-refractivity contribution < 1.29 is 47.6 Å². The van der Waals surface area contributed by atoms with Crippen LogP contribution in [-0.2, 0) is 42.8 Å². The summed E-state index contributed by atoms with van der Waals surface area (Å²) < 4.78 is 30.2. The first-order valence-electron chi connectivity index (χ1n) is 6.78. The Labute approximate surface area is 130 Å². The minimum absolute atomic E-state index is 0.286. The molecule has 0 aromatic rings. The third-order valence-electron chi connectivity index (χ3n) is 3.09. The predicted octanol–water partition coefficient (Wildman–Crippen LogP) is -0.327. The molecule has 2 aliphatic rings. The molecule has 0 amide bonds. The van der Waals surface area contributed by atoms with Gasteiger partial charge in [0.15, 0.2) is 12.2 Å². The van der Waals surface area contributed by atoms with Crippen LogP contribution in [0.1, 0.15) is 20.8 Å². The lowest BCUT2D eigenvalue weighted by Gasteiger charge is -2.39. The summed E-state index contributed by atoms with van der Waals surface area (Å²) in [5.41, 5.74) is 0. The third-order valence-corrected chi connectivity index (χ3v) is 3.09. The standard InChI is InChI=1S/C13H16O10/c1-5(14)18-4-8-9(19-6(2)15)10-11(23-13(17)22-10)12(21-8)20-7(3)16/h8-12H,4H2,1-3H3/t8-,9-,10?,11+,12+/m1/s1. The lowest BCUT2D eigenvalue weighted by molar-refractivity contribution is -0.274. The van der Waals surface area contributed by atoms with E-state index < -0.39 is 54.8 Å². The molecule has 5 atom stereocenters. The zero-order chi connectivity index (χ0) is 17.1. The summed E-state index contributed by atoms with van der Waals surface area (Å²) in [6.07, 6.45) is -6.49. The van der Waals surface area contributed by atoms with E-state index in [1.807, 2.05) is 0 Å². The van der Waals surface area contributed by atoms with Crippen molar-refractivity contribution in [3.63, 3.8) is 0 Å². The van der Waals surface area contributed by atoms with Gasteiger partial charge in [0.1, 0.15) is 12.7 Å². The summed E-state index contributed by atoms with van der Waals surface area (Å²) in [6, 6.07) is 0. The lowest BCUT2D eigenvalue weighted by Crippen LogP contribution is -2.59. The van der Waals surface area contributed by atoms with Crippen LogP contribution in [0.25, 0.3) is 0 Å². The zero-order valence-electron chi connectivity index (χ0n) is 12.7. The predicted molar refractivity (Wildman–Crippen MR) is 67.8 cm³/mol. The second kappa shape index (κ2) is 6.82. The Morgan fingerprint density at radius 2 is 1.57 bits per heavy atom. The summed E-state index contributed by atoms with van der Waals surface area (Å²) in [4.78, 5) is 44.8. The summed E-state index contributed by atoms with van der Waals surface area (Å²) >= 11 is 0. The van der Waals surface area contributed by atoms with Crippen LogP contribution in [0.15, 0.2) is 0 Å². The number of rotatable bonds is 4. The van der Waals surface area contributed by atoms with E-state index >= 15 is 0 Å². The van der Waals surface area contributed by atoms with Gasteiger partial charge in [0, 0.05) is 20.8 Å². The first-order valence-corrected chi connectivity index (χ1v) is 6.78. The molecule has 2 fully saturated rings. The number of carbonyl (C=O) groups excluding carboxylic acids is 4. The van der Waals surface area contributed by atoms with E-state index in [-0.39, 0.29) is 6.61 Å². The Balaban J connectivity index is 2.22. The van der Waals surface area contributed by atoms with E-state index in [0.29, 0.717) is 0 Å². The van der Waals surface area contributed by atoms with E-state index in [1.54, 1.807) is 0 Å². The van der Waals surface area contributed by atoms with Gasteiger partial charge in [-0.3, -0.25) is 14.4 Å². The van der Waals surface area contributed by atoms with Gasteiger partial charge in [-0.2, -0.15) is 0 Å². The molecule has 2 rings (SSSR count). The fourth-order valence-corrected chi connectivity index (χ4v) is 2.31. The molecule has 2 saturated heterocycles. The molecule has 1 unspecified atom stereocenters. The number of esters is 3. The fraction of sp³-hybridized carbons (Fsp3) is 0.692. The van der Waals surface area contributed by atoms with Gasteiger partial charge >= 0.3 is 24.1 Å². The van der Waals surface area contributed by atoms with Crippen LogP contribution in [0.4, 0.5) is 4.79 Å². The summed E-state index contributed by atoms with van der Waals surface area (Å²) in [7, 11) is 0. The van der Waals surface area contributed by atoms with Gasteiger partial charge in [-0.1, -0.05) is 0 Å². The number of fused-ring (bicyclic) bond motifs is 1. The molecule has 0 spiro atoms. The van der Waals surface area contributed by atoms with Crippen LogP contribution in [0.3, 0.4) is 0 Å².